The molecule has 0 fully saturated rings. The number of carbonyl (C=O) groups is 1. The third-order valence-corrected chi connectivity index (χ3v) is 4.31. The normalized spacial score (nSPS) is 12.5. The predicted molar refractivity (Wildman–Crippen MR) is 97.9 cm³/mol. The Morgan fingerprint density at radius 2 is 2.00 bits per heavy atom. The molecule has 4 rings (SSSR count). The third-order valence-electron chi connectivity index (χ3n) is 4.31. The Morgan fingerprint density at radius 1 is 1.22 bits per heavy atom. The Morgan fingerprint density at radius 3 is 2.67 bits per heavy atom. The summed E-state index contributed by atoms with van der Waals surface area (Å²) in [7, 11) is 1.58. The van der Waals surface area contributed by atoms with Gasteiger partial charge >= 0.3 is 0 Å². The Hall–Kier alpha value is -3.48. The zero-order chi connectivity index (χ0) is 19.0. The number of ether oxygens (including phenoxy) is 1. The Balaban J connectivity index is 1.68. The maximum atomic E-state index is 13.3. The number of aliphatic imine (C=N–C) groups is 1. The fourth-order valence-electron chi connectivity index (χ4n) is 3.04. The van der Waals surface area contributed by atoms with Gasteiger partial charge in [-0.2, -0.15) is 0 Å². The van der Waals surface area contributed by atoms with E-state index in [-0.39, 0.29) is 11.6 Å². The lowest BCUT2D eigenvalue weighted by molar-refractivity contribution is 0.0948. The van der Waals surface area contributed by atoms with Gasteiger partial charge in [0.15, 0.2) is 5.89 Å². The van der Waals surface area contributed by atoms with E-state index in [2.05, 4.69) is 15.3 Å². The minimum Gasteiger partial charge on any atom is -0.496 e. The summed E-state index contributed by atoms with van der Waals surface area (Å²) in [6.07, 6.45) is 1.78. The number of aryl methyl sites for hydroxylation is 1. The summed E-state index contributed by atoms with van der Waals surface area (Å²) in [5.74, 6) is 0.984. The van der Waals surface area contributed by atoms with Gasteiger partial charge in [-0.1, -0.05) is 12.1 Å². The number of oxazole rings is 1. The van der Waals surface area contributed by atoms with Crippen molar-refractivity contribution >= 4 is 17.4 Å². The maximum Gasteiger partial charge on any atom is 0.294 e. The average Bonchev–Trinajstić information content (AvgIpc) is 3.28. The first-order valence-corrected chi connectivity index (χ1v) is 8.32. The van der Waals surface area contributed by atoms with Crippen LogP contribution >= 0.6 is 0 Å². The Labute approximate surface area is 154 Å². The molecule has 1 N–H and O–H groups in total. The molecular formula is C20H16FN3O3. The molecular weight excluding hydrogens is 349 g/mol. The first-order chi connectivity index (χ1) is 13.0. The number of fused-ring (bicyclic) bond motifs is 1. The molecule has 7 heteroatoms. The SMILES string of the molecule is COc1ccc(-c2ccc(F)cc2)c2c1CC(NC(=O)c1cnc(C)o1)=N2. The van der Waals surface area contributed by atoms with Crippen LogP contribution < -0.4 is 10.1 Å². The fourth-order valence-corrected chi connectivity index (χ4v) is 3.04. The van der Waals surface area contributed by atoms with Gasteiger partial charge in [-0.25, -0.2) is 14.4 Å². The lowest BCUT2D eigenvalue weighted by Crippen LogP contribution is -2.30. The quantitative estimate of drug-likeness (QED) is 0.766. The first-order valence-electron chi connectivity index (χ1n) is 8.32. The van der Waals surface area contributed by atoms with Crippen molar-refractivity contribution in [2.24, 2.45) is 4.99 Å². The standard InChI is InChI=1S/C20H16FN3O3/c1-11-22-10-17(27-11)20(25)24-18-9-15-16(26-2)8-7-14(19(15)23-18)12-3-5-13(21)6-4-12/h3-8,10H,9H2,1-2H3,(H,23,24,25). The molecule has 0 saturated carbocycles. The molecule has 0 bridgehead atoms. The van der Waals surface area contributed by atoms with Gasteiger partial charge in [0.2, 0.25) is 5.76 Å². The molecule has 0 saturated heterocycles. The van der Waals surface area contributed by atoms with E-state index in [1.54, 1.807) is 26.2 Å². The lowest BCUT2D eigenvalue weighted by atomic mass is 9.99. The zero-order valence-electron chi connectivity index (χ0n) is 14.7. The second kappa shape index (κ2) is 6.68. The summed E-state index contributed by atoms with van der Waals surface area (Å²) >= 11 is 0. The molecule has 1 amide bonds. The van der Waals surface area contributed by atoms with Gasteiger partial charge in [0.05, 0.1) is 19.0 Å². The molecule has 2 heterocycles. The number of hydrogen-bond acceptors (Lipinski definition) is 5. The fraction of sp³-hybridized carbons (Fsp3) is 0.150. The number of carbonyl (C=O) groups excluding carboxylic acids is 1. The van der Waals surface area contributed by atoms with Gasteiger partial charge in [0.25, 0.3) is 5.91 Å². The summed E-state index contributed by atoms with van der Waals surface area (Å²) in [5, 5.41) is 2.76. The molecule has 3 aromatic rings. The molecule has 1 aromatic heterocycles. The van der Waals surface area contributed by atoms with Crippen molar-refractivity contribution in [2.45, 2.75) is 13.3 Å². The summed E-state index contributed by atoms with van der Waals surface area (Å²) in [5.41, 5.74) is 3.23. The maximum absolute atomic E-state index is 13.3. The largest absolute Gasteiger partial charge is 0.496 e. The van der Waals surface area contributed by atoms with E-state index >= 15 is 0 Å². The van der Waals surface area contributed by atoms with E-state index < -0.39 is 5.91 Å². The van der Waals surface area contributed by atoms with Crippen LogP contribution in [0.5, 0.6) is 5.75 Å². The van der Waals surface area contributed by atoms with Crippen LogP contribution in [0.4, 0.5) is 10.1 Å². The van der Waals surface area contributed by atoms with Gasteiger partial charge in [-0.3, -0.25) is 4.79 Å². The summed E-state index contributed by atoms with van der Waals surface area (Å²) in [6.45, 7) is 1.67. The van der Waals surface area contributed by atoms with Crippen molar-refractivity contribution in [1.82, 2.24) is 10.3 Å². The van der Waals surface area contributed by atoms with E-state index in [0.29, 0.717) is 29.6 Å². The second-order valence-corrected chi connectivity index (χ2v) is 6.08. The number of benzene rings is 2. The molecule has 2 aromatic carbocycles. The Bertz CT molecular complexity index is 1050. The average molecular weight is 365 g/mol. The second-order valence-electron chi connectivity index (χ2n) is 6.08. The lowest BCUT2D eigenvalue weighted by Gasteiger charge is -2.10. The van der Waals surface area contributed by atoms with Crippen molar-refractivity contribution in [1.29, 1.82) is 0 Å². The highest BCUT2D eigenvalue weighted by Gasteiger charge is 2.25. The summed E-state index contributed by atoms with van der Waals surface area (Å²) < 4.78 is 23.9. The number of nitrogens with zero attached hydrogens (tertiary/aromatic N) is 2. The summed E-state index contributed by atoms with van der Waals surface area (Å²) in [4.78, 5) is 20.8. The summed E-state index contributed by atoms with van der Waals surface area (Å²) in [6, 6.07) is 9.91. The van der Waals surface area contributed by atoms with Crippen molar-refractivity contribution in [3.05, 3.63) is 65.6 Å². The molecule has 0 unspecified atom stereocenters. The number of amidine groups is 1. The van der Waals surface area contributed by atoms with Crippen LogP contribution in [0, 0.1) is 12.7 Å². The molecule has 136 valence electrons. The van der Waals surface area contributed by atoms with Crippen LogP contribution in [-0.4, -0.2) is 23.8 Å². The number of halogens is 1. The third kappa shape index (κ3) is 3.19. The molecule has 1 aliphatic rings. The van der Waals surface area contributed by atoms with Gasteiger partial charge in [0, 0.05) is 24.5 Å². The van der Waals surface area contributed by atoms with Gasteiger partial charge in [0.1, 0.15) is 17.4 Å². The number of rotatable bonds is 3. The van der Waals surface area contributed by atoms with Crippen molar-refractivity contribution in [3.8, 4) is 16.9 Å². The van der Waals surface area contributed by atoms with Crippen molar-refractivity contribution in [2.75, 3.05) is 7.11 Å². The van der Waals surface area contributed by atoms with E-state index in [1.165, 1.54) is 18.3 Å². The topological polar surface area (TPSA) is 76.7 Å². The Kier molecular flexibility index (Phi) is 4.19. The van der Waals surface area contributed by atoms with Crippen molar-refractivity contribution < 1.29 is 18.3 Å². The molecule has 0 radical (unpaired) electrons. The minimum absolute atomic E-state index is 0.122. The minimum atomic E-state index is -0.413. The number of hydrogen-bond donors (Lipinski definition) is 1. The monoisotopic (exact) mass is 365 g/mol. The molecule has 1 aliphatic heterocycles. The molecule has 27 heavy (non-hydrogen) atoms. The van der Waals surface area contributed by atoms with Gasteiger partial charge in [-0.15, -0.1) is 0 Å². The van der Waals surface area contributed by atoms with Crippen molar-refractivity contribution in [3.63, 3.8) is 0 Å². The first kappa shape index (κ1) is 17.0. The predicted octanol–water partition coefficient (Wildman–Crippen LogP) is 3.81. The van der Waals surface area contributed by atoms with E-state index in [1.807, 2.05) is 12.1 Å². The van der Waals surface area contributed by atoms with E-state index in [4.69, 9.17) is 9.15 Å². The van der Waals surface area contributed by atoms with E-state index in [9.17, 15) is 9.18 Å². The van der Waals surface area contributed by atoms with Crippen LogP contribution in [0.3, 0.4) is 0 Å². The molecule has 0 spiro atoms. The van der Waals surface area contributed by atoms with Crippen LogP contribution in [0.1, 0.15) is 22.0 Å². The smallest absolute Gasteiger partial charge is 0.294 e. The highest BCUT2D eigenvalue weighted by Crippen LogP contribution is 2.42. The van der Waals surface area contributed by atoms with Crippen LogP contribution in [-0.2, 0) is 6.42 Å². The van der Waals surface area contributed by atoms with E-state index in [0.717, 1.165) is 16.7 Å². The molecule has 0 aliphatic carbocycles. The van der Waals surface area contributed by atoms with Gasteiger partial charge in [-0.05, 0) is 29.8 Å². The van der Waals surface area contributed by atoms with Gasteiger partial charge < -0.3 is 14.5 Å². The highest BCUT2D eigenvalue weighted by atomic mass is 19.1. The molecule has 6 nitrogen and oxygen atoms in total. The number of aromatic nitrogens is 1. The highest BCUT2D eigenvalue weighted by molar-refractivity contribution is 6.09. The number of nitrogens with one attached hydrogen (secondary N) is 1. The van der Waals surface area contributed by atoms with Crippen LogP contribution in [0.15, 0.2) is 52.0 Å². The zero-order valence-corrected chi connectivity index (χ0v) is 14.7. The van der Waals surface area contributed by atoms with Crippen LogP contribution in [0.25, 0.3) is 11.1 Å². The number of methoxy groups -OCH3 is 1. The number of amides is 1. The van der Waals surface area contributed by atoms with Crippen LogP contribution in [0.2, 0.25) is 0 Å². The molecule has 0 atom stereocenters.